The molecule has 0 fully saturated rings. The Kier molecular flexibility index (Phi) is 6.76. The molecule has 0 radical (unpaired) electrons. The number of fused-ring (bicyclic) bond motifs is 2. The maximum Gasteiger partial charge on any atom is 0.339 e. The summed E-state index contributed by atoms with van der Waals surface area (Å²) in [6.45, 7) is 1.81. The lowest BCUT2D eigenvalue weighted by molar-refractivity contribution is 0.414. The van der Waals surface area contributed by atoms with Crippen molar-refractivity contribution in [2.75, 3.05) is 7.11 Å². The lowest BCUT2D eigenvalue weighted by atomic mass is 10.1. The van der Waals surface area contributed by atoms with Gasteiger partial charge in [0.25, 0.3) is 5.56 Å². The minimum atomic E-state index is -4.39. The Hall–Kier alpha value is -4.60. The predicted molar refractivity (Wildman–Crippen MR) is 157 cm³/mol. The second kappa shape index (κ2) is 10.4. The van der Waals surface area contributed by atoms with Gasteiger partial charge in [0.1, 0.15) is 28.2 Å². The molecule has 2 heterocycles. The normalized spacial score (nSPS) is 11.7. The standard InChI is InChI=1S/C31H23ClN2O6S/c1-19-33-27(18-39-19)29-30(40-41(36,37)25-13-9-21-5-3-4-6-22(21)15-25)26-16-23(32)10-14-28(26)34(31(29)35)17-20-7-11-24(38-2)12-8-20/h3-16,18H,17H2,1-2H3. The van der Waals surface area contributed by atoms with E-state index in [-0.39, 0.29) is 28.4 Å². The van der Waals surface area contributed by atoms with Crippen molar-refractivity contribution in [2.45, 2.75) is 18.4 Å². The van der Waals surface area contributed by atoms with Gasteiger partial charge in [-0.05, 0) is 58.8 Å². The minimum Gasteiger partial charge on any atom is -0.497 e. The molecule has 0 aliphatic carbocycles. The van der Waals surface area contributed by atoms with Crippen molar-refractivity contribution in [1.82, 2.24) is 9.55 Å². The molecular formula is C31H23ClN2O6S. The molecule has 0 saturated heterocycles. The van der Waals surface area contributed by atoms with Crippen molar-refractivity contribution < 1.29 is 21.8 Å². The molecule has 0 spiro atoms. The van der Waals surface area contributed by atoms with E-state index < -0.39 is 15.7 Å². The quantitative estimate of drug-likeness (QED) is 0.194. The minimum absolute atomic E-state index is 0.0592. The van der Waals surface area contributed by atoms with Gasteiger partial charge < -0.3 is 17.9 Å². The number of hydrogen-bond acceptors (Lipinski definition) is 7. The number of aromatic nitrogens is 2. The topological polar surface area (TPSA) is 101 Å². The highest BCUT2D eigenvalue weighted by Gasteiger charge is 2.27. The monoisotopic (exact) mass is 586 g/mol. The van der Waals surface area contributed by atoms with Crippen LogP contribution in [-0.2, 0) is 16.7 Å². The van der Waals surface area contributed by atoms with Gasteiger partial charge >= 0.3 is 10.1 Å². The molecule has 0 N–H and O–H groups in total. The molecule has 4 aromatic carbocycles. The number of ether oxygens (including phenoxy) is 1. The van der Waals surface area contributed by atoms with Crippen molar-refractivity contribution in [3.05, 3.63) is 118 Å². The second-order valence-electron chi connectivity index (χ2n) is 9.40. The molecule has 6 aromatic rings. The van der Waals surface area contributed by atoms with E-state index in [1.807, 2.05) is 36.4 Å². The van der Waals surface area contributed by atoms with Gasteiger partial charge in [-0.25, -0.2) is 4.98 Å². The van der Waals surface area contributed by atoms with E-state index >= 15 is 0 Å². The third-order valence-electron chi connectivity index (χ3n) is 6.76. The number of oxazole rings is 1. The highest BCUT2D eigenvalue weighted by molar-refractivity contribution is 7.87. The van der Waals surface area contributed by atoms with E-state index in [1.54, 1.807) is 50.4 Å². The maximum absolute atomic E-state index is 14.2. The highest BCUT2D eigenvalue weighted by Crippen LogP contribution is 2.37. The van der Waals surface area contributed by atoms with Gasteiger partial charge in [0, 0.05) is 17.3 Å². The third-order valence-corrected chi connectivity index (χ3v) is 8.21. The zero-order valence-electron chi connectivity index (χ0n) is 22.0. The Morgan fingerprint density at radius 3 is 2.41 bits per heavy atom. The fraction of sp³-hybridized carbons (Fsp3) is 0.0968. The summed E-state index contributed by atoms with van der Waals surface area (Å²) in [4.78, 5) is 18.5. The molecular weight excluding hydrogens is 564 g/mol. The molecule has 0 aliphatic rings. The van der Waals surface area contributed by atoms with Crippen LogP contribution in [0.25, 0.3) is 32.9 Å². The van der Waals surface area contributed by atoms with Crippen LogP contribution in [-0.4, -0.2) is 25.1 Å². The van der Waals surface area contributed by atoms with Gasteiger partial charge in [-0.2, -0.15) is 8.42 Å². The molecule has 206 valence electrons. The fourth-order valence-corrected chi connectivity index (χ4v) is 5.91. The smallest absolute Gasteiger partial charge is 0.339 e. The van der Waals surface area contributed by atoms with Crippen molar-refractivity contribution in [3.63, 3.8) is 0 Å². The van der Waals surface area contributed by atoms with E-state index in [9.17, 15) is 13.2 Å². The Bertz CT molecular complexity index is 2100. The van der Waals surface area contributed by atoms with Crippen molar-refractivity contribution in [2.24, 2.45) is 0 Å². The average molecular weight is 587 g/mol. The summed E-state index contributed by atoms with van der Waals surface area (Å²) < 4.78 is 45.4. The molecule has 0 saturated carbocycles. The summed E-state index contributed by atoms with van der Waals surface area (Å²) in [6.07, 6.45) is 1.30. The largest absolute Gasteiger partial charge is 0.497 e. The second-order valence-corrected chi connectivity index (χ2v) is 11.4. The van der Waals surface area contributed by atoms with Crippen molar-refractivity contribution >= 4 is 43.4 Å². The molecule has 2 aromatic heterocycles. The van der Waals surface area contributed by atoms with E-state index in [1.165, 1.54) is 23.0 Å². The summed E-state index contributed by atoms with van der Waals surface area (Å²) in [7, 11) is -2.82. The zero-order valence-corrected chi connectivity index (χ0v) is 23.6. The molecule has 6 rings (SSSR count). The Labute approximate surface area is 240 Å². The number of aryl methyl sites for hydroxylation is 1. The van der Waals surface area contributed by atoms with Gasteiger partial charge in [-0.3, -0.25) is 4.79 Å². The Morgan fingerprint density at radius 2 is 1.71 bits per heavy atom. The third kappa shape index (κ3) is 5.05. The first-order valence-electron chi connectivity index (χ1n) is 12.6. The first-order valence-corrected chi connectivity index (χ1v) is 14.4. The first kappa shape index (κ1) is 26.6. The molecule has 8 nitrogen and oxygen atoms in total. The van der Waals surface area contributed by atoms with Crippen LogP contribution in [0.2, 0.25) is 5.02 Å². The van der Waals surface area contributed by atoms with Gasteiger partial charge in [0.05, 0.1) is 19.2 Å². The van der Waals surface area contributed by atoms with Gasteiger partial charge in [-0.15, -0.1) is 0 Å². The van der Waals surface area contributed by atoms with E-state index in [4.69, 9.17) is 24.9 Å². The van der Waals surface area contributed by atoms with E-state index in [0.717, 1.165) is 16.3 Å². The molecule has 0 aliphatic heterocycles. The fourth-order valence-electron chi connectivity index (χ4n) is 4.74. The van der Waals surface area contributed by atoms with Crippen molar-refractivity contribution in [1.29, 1.82) is 0 Å². The SMILES string of the molecule is COc1ccc(Cn2c(=O)c(-c3coc(C)n3)c(OS(=O)(=O)c3ccc4ccccc4c3)c3cc(Cl)ccc32)cc1. The summed E-state index contributed by atoms with van der Waals surface area (Å²) >= 11 is 6.39. The molecule has 10 heteroatoms. The van der Waals surface area contributed by atoms with Crippen LogP contribution in [0.5, 0.6) is 11.5 Å². The predicted octanol–water partition coefficient (Wildman–Crippen LogP) is 6.60. The van der Waals surface area contributed by atoms with Crippen LogP contribution < -0.4 is 14.5 Å². The molecule has 41 heavy (non-hydrogen) atoms. The van der Waals surface area contributed by atoms with Crippen LogP contribution in [0.3, 0.4) is 0 Å². The Morgan fingerprint density at radius 1 is 0.951 bits per heavy atom. The van der Waals surface area contributed by atoms with Crippen LogP contribution in [0, 0.1) is 6.92 Å². The summed E-state index contributed by atoms with van der Waals surface area (Å²) in [5.74, 6) is 0.801. The van der Waals surface area contributed by atoms with Crippen LogP contribution >= 0.6 is 11.6 Å². The van der Waals surface area contributed by atoms with Gasteiger partial charge in [-0.1, -0.05) is 54.1 Å². The van der Waals surface area contributed by atoms with Crippen LogP contribution in [0.4, 0.5) is 0 Å². The van der Waals surface area contributed by atoms with E-state index in [0.29, 0.717) is 27.6 Å². The Balaban J connectivity index is 1.58. The lowest BCUT2D eigenvalue weighted by Crippen LogP contribution is -2.25. The number of hydrogen-bond donors (Lipinski definition) is 0. The lowest BCUT2D eigenvalue weighted by Gasteiger charge is -2.18. The molecule has 0 amide bonds. The number of pyridine rings is 1. The number of halogens is 1. The van der Waals surface area contributed by atoms with Crippen LogP contribution in [0.15, 0.2) is 105 Å². The number of rotatable bonds is 7. The summed E-state index contributed by atoms with van der Waals surface area (Å²) in [5.41, 5.74) is 0.829. The van der Waals surface area contributed by atoms with Gasteiger partial charge in [0.2, 0.25) is 0 Å². The molecule has 0 unspecified atom stereocenters. The molecule has 0 bridgehead atoms. The van der Waals surface area contributed by atoms with Crippen molar-refractivity contribution in [3.8, 4) is 22.8 Å². The number of methoxy groups -OCH3 is 1. The van der Waals surface area contributed by atoms with Crippen LogP contribution in [0.1, 0.15) is 11.5 Å². The summed E-state index contributed by atoms with van der Waals surface area (Å²) in [5, 5.41) is 2.27. The maximum atomic E-state index is 14.2. The summed E-state index contributed by atoms with van der Waals surface area (Å²) in [6, 6.07) is 24.3. The zero-order chi connectivity index (χ0) is 28.7. The number of benzene rings is 4. The molecule has 0 atom stereocenters. The number of nitrogens with zero attached hydrogens (tertiary/aromatic N) is 2. The van der Waals surface area contributed by atoms with E-state index in [2.05, 4.69) is 4.98 Å². The first-order chi connectivity index (χ1) is 19.7. The average Bonchev–Trinajstić information content (AvgIpc) is 3.40. The van der Waals surface area contributed by atoms with Gasteiger partial charge in [0.15, 0.2) is 11.6 Å². The highest BCUT2D eigenvalue weighted by atomic mass is 35.5.